The largest absolute Gasteiger partial charge is 0.399 e. The van der Waals surface area contributed by atoms with E-state index in [-0.39, 0.29) is 11.8 Å². The third-order valence-corrected chi connectivity index (χ3v) is 5.05. The van der Waals surface area contributed by atoms with Crippen LogP contribution in [0.2, 0.25) is 0 Å². The van der Waals surface area contributed by atoms with Crippen molar-refractivity contribution < 1.29 is 9.59 Å². The normalized spacial score (nSPS) is 21.8. The third kappa shape index (κ3) is 2.04. The van der Waals surface area contributed by atoms with Crippen molar-refractivity contribution in [3.63, 3.8) is 0 Å². The van der Waals surface area contributed by atoms with Crippen molar-refractivity contribution in [2.75, 3.05) is 10.6 Å². The zero-order valence-corrected chi connectivity index (χ0v) is 12.8. The lowest BCUT2D eigenvalue weighted by molar-refractivity contribution is -0.127. The van der Waals surface area contributed by atoms with Gasteiger partial charge in [0.1, 0.15) is 0 Å². The maximum absolute atomic E-state index is 12.8. The maximum Gasteiger partial charge on any atom is 0.240 e. The first kappa shape index (κ1) is 13.6. The summed E-state index contributed by atoms with van der Waals surface area (Å²) in [5, 5.41) is 0. The van der Waals surface area contributed by atoms with Crippen LogP contribution in [0.4, 0.5) is 11.4 Å². The van der Waals surface area contributed by atoms with Crippen LogP contribution in [0.3, 0.4) is 0 Å². The molecule has 1 heterocycles. The van der Waals surface area contributed by atoms with Crippen molar-refractivity contribution >= 4 is 39.1 Å². The van der Waals surface area contributed by atoms with Crippen LogP contribution in [0.5, 0.6) is 0 Å². The van der Waals surface area contributed by atoms with Crippen LogP contribution in [-0.4, -0.2) is 11.8 Å². The van der Waals surface area contributed by atoms with E-state index in [1.54, 1.807) is 18.2 Å². The number of hydrogen-bond acceptors (Lipinski definition) is 3. The number of anilines is 2. The standard InChI is InChI=1S/C15H17BrN2O2/c16-11-8-10(17)4-5-12(11)18-13(19)9-15(14(18)20)6-2-1-3-7-15/h4-5,8H,1-3,6-7,9,17H2. The Morgan fingerprint density at radius 3 is 2.50 bits per heavy atom. The molecular formula is C15H17BrN2O2. The molecule has 0 atom stereocenters. The molecule has 3 rings (SSSR count). The second-order valence-corrected chi connectivity index (χ2v) is 6.62. The second-order valence-electron chi connectivity index (χ2n) is 5.76. The molecule has 0 bridgehead atoms. The van der Waals surface area contributed by atoms with E-state index in [9.17, 15) is 9.59 Å². The predicted molar refractivity (Wildman–Crippen MR) is 81.2 cm³/mol. The highest BCUT2D eigenvalue weighted by atomic mass is 79.9. The van der Waals surface area contributed by atoms with E-state index in [2.05, 4.69) is 15.9 Å². The lowest BCUT2D eigenvalue weighted by Gasteiger charge is -2.30. The average molecular weight is 337 g/mol. The fourth-order valence-corrected chi connectivity index (χ4v) is 3.94. The molecule has 2 fully saturated rings. The number of halogens is 1. The van der Waals surface area contributed by atoms with Gasteiger partial charge in [-0.1, -0.05) is 19.3 Å². The van der Waals surface area contributed by atoms with Gasteiger partial charge in [-0.15, -0.1) is 0 Å². The minimum absolute atomic E-state index is 0.0346. The van der Waals surface area contributed by atoms with Gasteiger partial charge in [0.2, 0.25) is 11.8 Å². The molecule has 106 valence electrons. The predicted octanol–water partition coefficient (Wildman–Crippen LogP) is 3.25. The smallest absolute Gasteiger partial charge is 0.240 e. The van der Waals surface area contributed by atoms with Crippen LogP contribution in [0, 0.1) is 5.41 Å². The number of amides is 2. The monoisotopic (exact) mass is 336 g/mol. The number of carbonyl (C=O) groups is 2. The maximum atomic E-state index is 12.8. The van der Waals surface area contributed by atoms with E-state index < -0.39 is 5.41 Å². The number of rotatable bonds is 1. The van der Waals surface area contributed by atoms with E-state index in [0.717, 1.165) is 32.1 Å². The van der Waals surface area contributed by atoms with Gasteiger partial charge >= 0.3 is 0 Å². The van der Waals surface area contributed by atoms with E-state index >= 15 is 0 Å². The molecule has 5 heteroatoms. The number of nitrogens with zero attached hydrogens (tertiary/aromatic N) is 1. The molecule has 1 aromatic rings. The summed E-state index contributed by atoms with van der Waals surface area (Å²) in [6, 6.07) is 5.17. The van der Waals surface area contributed by atoms with E-state index in [1.165, 1.54) is 4.90 Å². The number of imide groups is 1. The quantitative estimate of drug-likeness (QED) is 0.632. The number of carbonyl (C=O) groups excluding carboxylic acids is 2. The molecule has 1 aromatic carbocycles. The molecule has 2 N–H and O–H groups in total. The van der Waals surface area contributed by atoms with Crippen molar-refractivity contribution in [1.29, 1.82) is 0 Å². The SMILES string of the molecule is Nc1ccc(N2C(=O)CC3(CCCCC3)C2=O)c(Br)c1. The summed E-state index contributed by atoms with van der Waals surface area (Å²) in [6.07, 6.45) is 5.25. The summed E-state index contributed by atoms with van der Waals surface area (Å²) in [5.41, 5.74) is 6.48. The number of hydrogen-bond donors (Lipinski definition) is 1. The Morgan fingerprint density at radius 2 is 1.85 bits per heavy atom. The number of benzene rings is 1. The van der Waals surface area contributed by atoms with Crippen LogP contribution < -0.4 is 10.6 Å². The van der Waals surface area contributed by atoms with Crippen LogP contribution in [0.15, 0.2) is 22.7 Å². The van der Waals surface area contributed by atoms with Crippen LogP contribution in [-0.2, 0) is 9.59 Å². The Hall–Kier alpha value is -1.36. The Balaban J connectivity index is 1.98. The van der Waals surface area contributed by atoms with Gasteiger partial charge in [0.15, 0.2) is 0 Å². The summed E-state index contributed by atoms with van der Waals surface area (Å²) in [7, 11) is 0. The summed E-state index contributed by atoms with van der Waals surface area (Å²) < 4.78 is 0.687. The Morgan fingerprint density at radius 1 is 1.15 bits per heavy atom. The van der Waals surface area contributed by atoms with Crippen molar-refractivity contribution in [2.24, 2.45) is 5.41 Å². The Labute approximate surface area is 126 Å². The Bertz CT molecular complexity index is 579. The van der Waals surface area contributed by atoms with Gasteiger partial charge in [-0.2, -0.15) is 0 Å². The summed E-state index contributed by atoms with van der Waals surface area (Å²) >= 11 is 3.40. The summed E-state index contributed by atoms with van der Waals surface area (Å²) in [4.78, 5) is 26.5. The molecule has 1 saturated heterocycles. The van der Waals surface area contributed by atoms with E-state index in [0.29, 0.717) is 22.3 Å². The zero-order chi connectivity index (χ0) is 14.3. The van der Waals surface area contributed by atoms with Crippen molar-refractivity contribution in [2.45, 2.75) is 38.5 Å². The summed E-state index contributed by atoms with van der Waals surface area (Å²) in [5.74, 6) is -0.130. The average Bonchev–Trinajstić information content (AvgIpc) is 2.63. The van der Waals surface area contributed by atoms with Gasteiger partial charge in [-0.05, 0) is 47.0 Å². The van der Waals surface area contributed by atoms with Gasteiger partial charge in [0.25, 0.3) is 0 Å². The molecule has 0 unspecified atom stereocenters. The van der Waals surface area contributed by atoms with Crippen LogP contribution >= 0.6 is 15.9 Å². The second kappa shape index (κ2) is 4.88. The first-order chi connectivity index (χ1) is 9.53. The molecule has 0 aromatic heterocycles. The van der Waals surface area contributed by atoms with Gasteiger partial charge in [-0.3, -0.25) is 9.59 Å². The number of nitrogen functional groups attached to an aromatic ring is 1. The molecule has 2 amide bonds. The van der Waals surface area contributed by atoms with Crippen molar-refractivity contribution in [1.82, 2.24) is 0 Å². The molecule has 4 nitrogen and oxygen atoms in total. The highest BCUT2D eigenvalue weighted by Crippen LogP contribution is 2.47. The van der Waals surface area contributed by atoms with Gasteiger partial charge in [0.05, 0.1) is 11.1 Å². The zero-order valence-electron chi connectivity index (χ0n) is 11.2. The molecule has 1 spiro atoms. The van der Waals surface area contributed by atoms with Crippen LogP contribution in [0.25, 0.3) is 0 Å². The fourth-order valence-electron chi connectivity index (χ4n) is 3.36. The van der Waals surface area contributed by atoms with E-state index in [1.807, 2.05) is 0 Å². The first-order valence-electron chi connectivity index (χ1n) is 6.96. The molecule has 2 aliphatic rings. The van der Waals surface area contributed by atoms with Crippen molar-refractivity contribution in [3.8, 4) is 0 Å². The minimum atomic E-state index is -0.448. The lowest BCUT2D eigenvalue weighted by atomic mass is 9.73. The van der Waals surface area contributed by atoms with E-state index in [4.69, 9.17) is 5.73 Å². The highest BCUT2D eigenvalue weighted by Gasteiger charge is 2.52. The topological polar surface area (TPSA) is 63.4 Å². The fraction of sp³-hybridized carbons (Fsp3) is 0.467. The lowest BCUT2D eigenvalue weighted by Crippen LogP contribution is -2.37. The van der Waals surface area contributed by atoms with Gasteiger partial charge in [0, 0.05) is 16.6 Å². The van der Waals surface area contributed by atoms with Crippen molar-refractivity contribution in [3.05, 3.63) is 22.7 Å². The Kier molecular flexibility index (Phi) is 3.32. The van der Waals surface area contributed by atoms with Gasteiger partial charge in [-0.25, -0.2) is 4.90 Å². The minimum Gasteiger partial charge on any atom is -0.399 e. The molecular weight excluding hydrogens is 320 g/mol. The molecule has 1 aliphatic heterocycles. The third-order valence-electron chi connectivity index (χ3n) is 4.42. The molecule has 20 heavy (non-hydrogen) atoms. The molecule has 1 aliphatic carbocycles. The first-order valence-corrected chi connectivity index (χ1v) is 7.75. The summed E-state index contributed by atoms with van der Waals surface area (Å²) in [6.45, 7) is 0. The van der Waals surface area contributed by atoms with Crippen LogP contribution in [0.1, 0.15) is 38.5 Å². The molecule has 0 radical (unpaired) electrons. The molecule has 1 saturated carbocycles. The highest BCUT2D eigenvalue weighted by molar-refractivity contribution is 9.10. The van der Waals surface area contributed by atoms with Gasteiger partial charge < -0.3 is 5.73 Å². The number of nitrogens with two attached hydrogens (primary N) is 1.